The van der Waals surface area contributed by atoms with Gasteiger partial charge in [-0.05, 0) is 75.0 Å². The van der Waals surface area contributed by atoms with Crippen LogP contribution in [0.1, 0.15) is 128 Å². The van der Waals surface area contributed by atoms with Crippen LogP contribution in [0.5, 0.6) is 0 Å². The maximum Gasteiger partial charge on any atom is 0.264 e. The van der Waals surface area contributed by atoms with Crippen LogP contribution in [0, 0.1) is 33.2 Å². The van der Waals surface area contributed by atoms with Gasteiger partial charge in [-0.1, -0.05) is 77.0 Å². The molecule has 44 heavy (non-hydrogen) atoms. The molecule has 4 aliphatic rings. The highest BCUT2D eigenvalue weighted by Gasteiger charge is 2.18. The number of nitrogens with one attached hydrogen (secondary N) is 2. The average Bonchev–Trinajstić information content (AvgIpc) is 2.93. The number of rotatable bonds is 9. The molecule has 8 nitrogen and oxygen atoms in total. The van der Waals surface area contributed by atoms with Crippen LogP contribution in [0.2, 0.25) is 0 Å². The maximum absolute atomic E-state index is 11.1. The van der Waals surface area contributed by atoms with Gasteiger partial charge in [0.2, 0.25) is 0 Å². The first-order chi connectivity index (χ1) is 20.5. The lowest BCUT2D eigenvalue weighted by molar-refractivity contribution is 0.215. The zero-order valence-electron chi connectivity index (χ0n) is 28.4. The summed E-state index contributed by atoms with van der Waals surface area (Å²) in [5.41, 5.74) is 0. The highest BCUT2D eigenvalue weighted by Crippen LogP contribution is 2.26. The lowest BCUT2D eigenvalue weighted by Gasteiger charge is -2.20. The molecule has 0 aromatic heterocycles. The second-order valence-electron chi connectivity index (χ2n) is 14.1. The van der Waals surface area contributed by atoms with Crippen molar-refractivity contribution in [1.29, 1.82) is 9.56 Å². The van der Waals surface area contributed by atoms with Gasteiger partial charge in [-0.2, -0.15) is 8.42 Å². The molecule has 0 bridgehead atoms. The predicted octanol–water partition coefficient (Wildman–Crippen LogP) is 7.97. The first kappa shape index (κ1) is 42.0. The molecule has 4 saturated carbocycles. The van der Waals surface area contributed by atoms with Crippen molar-refractivity contribution in [2.75, 3.05) is 48.9 Å². The maximum atomic E-state index is 11.1. The molecule has 4 fully saturated rings. The van der Waals surface area contributed by atoms with E-state index in [-0.39, 0.29) is 0 Å². The fourth-order valence-corrected chi connectivity index (χ4v) is 10.8. The van der Waals surface area contributed by atoms with Crippen LogP contribution < -0.4 is 0 Å². The Morgan fingerprint density at radius 1 is 0.545 bits per heavy atom. The minimum absolute atomic E-state index is 0.388. The normalized spacial score (nSPS) is 24.5. The van der Waals surface area contributed by atoms with Gasteiger partial charge in [0.15, 0.2) is 0 Å². The Bertz CT molecular complexity index is 1040. The molecule has 4 rings (SSSR count). The highest BCUT2D eigenvalue weighted by atomic mass is 32.2. The molecule has 0 saturated heterocycles. The largest absolute Gasteiger partial charge is 0.270 e. The fraction of sp³-hybridized carbons (Fsp3) is 1.00. The van der Waals surface area contributed by atoms with E-state index >= 15 is 0 Å². The lowest BCUT2D eigenvalue weighted by Crippen LogP contribution is -2.16. The average molecular weight is 703 g/mol. The second kappa shape index (κ2) is 22.5. The molecule has 0 heterocycles. The molecule has 3 atom stereocenters. The van der Waals surface area contributed by atoms with E-state index in [4.69, 9.17) is 13.7 Å². The zero-order chi connectivity index (χ0) is 33.1. The van der Waals surface area contributed by atoms with E-state index in [1.165, 1.54) is 116 Å². The van der Waals surface area contributed by atoms with Crippen molar-refractivity contribution < 1.29 is 25.2 Å². The fourth-order valence-electron chi connectivity index (χ4n) is 6.87. The molecular weight excluding hydrogens is 637 g/mol. The Balaban J connectivity index is 0.000000294. The summed E-state index contributed by atoms with van der Waals surface area (Å²) in [5.74, 6) is 4.62. The summed E-state index contributed by atoms with van der Waals surface area (Å²) in [4.78, 5) is 0. The summed E-state index contributed by atoms with van der Waals surface area (Å²) in [6, 6.07) is 0. The minimum Gasteiger partial charge on any atom is -0.270 e. The molecule has 2 N–H and O–H groups in total. The minimum atomic E-state index is -3.22. The molecule has 0 aliphatic heterocycles. The molecule has 4 aliphatic carbocycles. The van der Waals surface area contributed by atoms with E-state index < -0.39 is 40.4 Å². The third-order valence-corrected chi connectivity index (χ3v) is 12.7. The van der Waals surface area contributed by atoms with Crippen LogP contribution >= 0.6 is 0 Å². The van der Waals surface area contributed by atoms with Gasteiger partial charge in [0.1, 0.15) is 0 Å². The Hall–Kier alpha value is -0.0400. The monoisotopic (exact) mass is 702 g/mol. The molecule has 0 aromatic rings. The number of hydrogen-bond acceptors (Lipinski definition) is 8. The topological polar surface area (TPSA) is 142 Å². The molecule has 264 valence electrons. The third-order valence-electron chi connectivity index (χ3n) is 8.99. The van der Waals surface area contributed by atoms with Crippen LogP contribution in [0.3, 0.4) is 0 Å². The van der Waals surface area contributed by atoms with E-state index in [1.54, 1.807) is 12.5 Å². The summed E-state index contributed by atoms with van der Waals surface area (Å²) in [5, 5.41) is 0. The predicted molar refractivity (Wildman–Crippen MR) is 189 cm³/mol. The Morgan fingerprint density at radius 3 is 1.11 bits per heavy atom. The van der Waals surface area contributed by atoms with Gasteiger partial charge in [0, 0.05) is 66.3 Å². The molecule has 0 spiro atoms. The van der Waals surface area contributed by atoms with Crippen LogP contribution in [0.25, 0.3) is 0 Å². The van der Waals surface area contributed by atoms with Crippen LogP contribution in [0.4, 0.5) is 0 Å². The molecule has 12 heteroatoms. The summed E-state index contributed by atoms with van der Waals surface area (Å²) in [6.07, 6.45) is 31.3. The van der Waals surface area contributed by atoms with Gasteiger partial charge < -0.3 is 0 Å². The van der Waals surface area contributed by atoms with E-state index in [9.17, 15) is 21.0 Å². The van der Waals surface area contributed by atoms with Gasteiger partial charge >= 0.3 is 0 Å². The van der Waals surface area contributed by atoms with E-state index in [0.29, 0.717) is 35.9 Å². The van der Waals surface area contributed by atoms with Crippen molar-refractivity contribution in [3.8, 4) is 0 Å². The lowest BCUT2D eigenvalue weighted by atomic mass is 9.90. The second-order valence-corrected chi connectivity index (χ2v) is 21.9. The Labute approximate surface area is 275 Å². The third kappa shape index (κ3) is 26.1. The van der Waals surface area contributed by atoms with Crippen molar-refractivity contribution in [3.63, 3.8) is 0 Å². The molecule has 0 radical (unpaired) electrons. The summed E-state index contributed by atoms with van der Waals surface area (Å²) >= 11 is 0. The van der Waals surface area contributed by atoms with Gasteiger partial charge in [-0.15, -0.1) is 0 Å². The molecule has 3 unspecified atom stereocenters. The summed E-state index contributed by atoms with van der Waals surface area (Å²) in [6.45, 7) is 0.388. The smallest absolute Gasteiger partial charge is 0.264 e. The van der Waals surface area contributed by atoms with Gasteiger partial charge in [-0.3, -0.25) is 26.4 Å². The van der Waals surface area contributed by atoms with Gasteiger partial charge in [0.05, 0.1) is 12.9 Å². The first-order valence-electron chi connectivity index (χ1n) is 17.1. The van der Waals surface area contributed by atoms with Gasteiger partial charge in [0.25, 0.3) is 10.1 Å². The highest BCUT2D eigenvalue weighted by molar-refractivity contribution is 7.92. The molecular formula is C32H66N2O6S4. The number of hydrogen-bond donors (Lipinski definition) is 2. The molecule has 0 aromatic carbocycles. The van der Waals surface area contributed by atoms with Crippen molar-refractivity contribution in [2.24, 2.45) is 23.7 Å². The van der Waals surface area contributed by atoms with E-state index in [2.05, 4.69) is 0 Å². The first-order valence-corrected chi connectivity index (χ1v) is 24.9. The quantitative estimate of drug-likeness (QED) is 0.233. The van der Waals surface area contributed by atoms with E-state index in [1.807, 2.05) is 6.26 Å². The molecule has 0 amide bonds. The Kier molecular flexibility index (Phi) is 21.5. The zero-order valence-corrected chi connectivity index (χ0v) is 31.6. The van der Waals surface area contributed by atoms with E-state index in [0.717, 1.165) is 30.8 Å². The van der Waals surface area contributed by atoms with Crippen molar-refractivity contribution in [2.45, 2.75) is 128 Å². The van der Waals surface area contributed by atoms with Crippen molar-refractivity contribution >= 4 is 40.4 Å². The standard InChI is InChI=1S/2C8H17NOS.C8H16O3S.C8H16OS/c2*1-11(9,10)7-8-5-3-2-4-6-8;1-12(9,10)11-7-8-5-3-2-4-6-8;1-10(9)7-8-5-3-2-4-6-8/h2*8-9H,2-7H2,1H3;8H,2-7H2,1H3;8H,2-7H2,1H3. The van der Waals surface area contributed by atoms with Gasteiger partial charge in [-0.25, -0.2) is 0 Å². The van der Waals surface area contributed by atoms with Crippen LogP contribution in [-0.4, -0.2) is 69.9 Å². The summed E-state index contributed by atoms with van der Waals surface area (Å²) in [7, 11) is -8.23. The Morgan fingerprint density at radius 2 is 0.841 bits per heavy atom. The SMILES string of the molecule is CS(=N)(=O)CC1CCCCC1.CS(=N)(=O)CC1CCCCC1.CS(=O)(=O)OCC1CCCCC1.CS(=O)CC1CCCCC1. The van der Waals surface area contributed by atoms with Crippen LogP contribution in [0.15, 0.2) is 0 Å². The van der Waals surface area contributed by atoms with Crippen molar-refractivity contribution in [3.05, 3.63) is 0 Å². The summed E-state index contributed by atoms with van der Waals surface area (Å²) < 4.78 is 73.7. The van der Waals surface area contributed by atoms with Crippen molar-refractivity contribution in [1.82, 2.24) is 0 Å². The van der Waals surface area contributed by atoms with Crippen LogP contribution in [-0.2, 0) is 44.6 Å².